The molecule has 0 amide bonds. The van der Waals surface area contributed by atoms with Crippen LogP contribution in [-0.2, 0) is 4.74 Å². The molecule has 1 aliphatic rings. The summed E-state index contributed by atoms with van der Waals surface area (Å²) in [5.41, 5.74) is 6.73. The zero-order chi connectivity index (χ0) is 15.2. The van der Waals surface area contributed by atoms with E-state index in [2.05, 4.69) is 11.8 Å². The third-order valence-corrected chi connectivity index (χ3v) is 3.38. The van der Waals surface area contributed by atoms with Crippen LogP contribution in [0.5, 0.6) is 5.75 Å². The van der Waals surface area contributed by atoms with Gasteiger partial charge < -0.3 is 20.1 Å². The smallest absolute Gasteiger partial charge is 0.148 e. The minimum atomic E-state index is -0.00374. The molecule has 2 rings (SSSR count). The van der Waals surface area contributed by atoms with Crippen LogP contribution >= 0.6 is 0 Å². The van der Waals surface area contributed by atoms with Crippen LogP contribution in [0.25, 0.3) is 0 Å². The number of benzene rings is 1. The lowest BCUT2D eigenvalue weighted by Crippen LogP contribution is -2.29. The number of likely N-dealkylation sites (N-methyl/N-ethyl adjacent to an activating group) is 1. The third-order valence-electron chi connectivity index (χ3n) is 3.38. The van der Waals surface area contributed by atoms with Crippen LogP contribution in [-0.4, -0.2) is 38.3 Å². The van der Waals surface area contributed by atoms with Crippen molar-refractivity contribution in [1.29, 1.82) is 0 Å². The molecule has 0 radical (unpaired) electrons. The van der Waals surface area contributed by atoms with Gasteiger partial charge in [-0.3, -0.25) is 0 Å². The largest absolute Gasteiger partial charge is 0.455 e. The van der Waals surface area contributed by atoms with E-state index in [0.717, 1.165) is 12.3 Å². The minimum Gasteiger partial charge on any atom is -0.455 e. The molecular weight excluding hydrogens is 264 g/mol. The summed E-state index contributed by atoms with van der Waals surface area (Å²) in [7, 11) is 4.07. The van der Waals surface area contributed by atoms with E-state index in [0.29, 0.717) is 18.1 Å². The number of nitrogens with two attached hydrogens (primary N) is 1. The lowest BCUT2D eigenvalue weighted by molar-refractivity contribution is 0.0496. The van der Waals surface area contributed by atoms with E-state index in [1.54, 1.807) is 0 Å². The molecule has 0 aliphatic heterocycles. The Morgan fingerprint density at radius 2 is 1.86 bits per heavy atom. The summed E-state index contributed by atoms with van der Waals surface area (Å²) in [6, 6.07) is 9.65. The highest BCUT2D eigenvalue weighted by Gasteiger charge is 2.22. The fraction of sp³-hybridized carbons (Fsp3) is 0.412. The van der Waals surface area contributed by atoms with E-state index in [1.165, 1.54) is 0 Å². The highest BCUT2D eigenvalue weighted by atomic mass is 16.5. The molecule has 0 aromatic heterocycles. The first-order chi connectivity index (χ1) is 10.1. The monoisotopic (exact) mass is 288 g/mol. The van der Waals surface area contributed by atoms with Gasteiger partial charge >= 0.3 is 0 Å². The number of hydrogen-bond donors (Lipinski definition) is 1. The van der Waals surface area contributed by atoms with Crippen LogP contribution in [0.4, 0.5) is 0 Å². The normalized spacial score (nSPS) is 21.9. The molecule has 1 unspecified atom stereocenters. The molecule has 0 bridgehead atoms. The molecule has 2 N–H and O–H groups in total. The van der Waals surface area contributed by atoms with Crippen molar-refractivity contribution in [2.75, 3.05) is 27.2 Å². The van der Waals surface area contributed by atoms with Crippen molar-refractivity contribution >= 4 is 0 Å². The molecule has 4 nitrogen and oxygen atoms in total. The summed E-state index contributed by atoms with van der Waals surface area (Å²) < 4.78 is 11.8. The molecular formula is C17H24N2O2. The highest BCUT2D eigenvalue weighted by Crippen LogP contribution is 2.25. The van der Waals surface area contributed by atoms with Crippen molar-refractivity contribution in [3.8, 4) is 5.75 Å². The summed E-state index contributed by atoms with van der Waals surface area (Å²) in [5, 5.41) is 0. The molecule has 0 spiro atoms. The molecule has 1 aliphatic carbocycles. The van der Waals surface area contributed by atoms with Crippen molar-refractivity contribution < 1.29 is 9.47 Å². The summed E-state index contributed by atoms with van der Waals surface area (Å²) in [4.78, 5) is 2.10. The zero-order valence-corrected chi connectivity index (χ0v) is 13.0. The second-order valence-corrected chi connectivity index (χ2v) is 5.57. The van der Waals surface area contributed by atoms with Crippen LogP contribution in [0.2, 0.25) is 0 Å². The molecule has 2 atom stereocenters. The quantitative estimate of drug-likeness (QED) is 0.873. The standard InChI is InChI=1S/C17H24N2O2/c1-13-11-15(18)17(21-14-7-5-4-6-8-14)12-16(13)20-10-9-19(2)3/h4-8,11-13,16H,9-10,18H2,1-3H3/t13-,16?/m0/s1. The molecule has 1 aromatic carbocycles. The van der Waals surface area contributed by atoms with Crippen molar-refractivity contribution in [3.63, 3.8) is 0 Å². The van der Waals surface area contributed by atoms with Crippen molar-refractivity contribution in [2.45, 2.75) is 13.0 Å². The predicted octanol–water partition coefficient (Wildman–Crippen LogP) is 2.39. The summed E-state index contributed by atoms with van der Waals surface area (Å²) in [6.07, 6.45) is 3.97. The van der Waals surface area contributed by atoms with Crippen LogP contribution in [0.3, 0.4) is 0 Å². The van der Waals surface area contributed by atoms with E-state index in [1.807, 2.05) is 56.6 Å². The Bertz CT molecular complexity index is 509. The first-order valence-electron chi connectivity index (χ1n) is 7.25. The molecule has 1 aromatic rings. The topological polar surface area (TPSA) is 47.7 Å². The van der Waals surface area contributed by atoms with Gasteiger partial charge in [0.25, 0.3) is 0 Å². The fourth-order valence-corrected chi connectivity index (χ4v) is 2.14. The van der Waals surface area contributed by atoms with Gasteiger partial charge in [-0.05, 0) is 32.3 Å². The lowest BCUT2D eigenvalue weighted by Gasteiger charge is -2.26. The zero-order valence-electron chi connectivity index (χ0n) is 13.0. The van der Waals surface area contributed by atoms with Crippen molar-refractivity contribution in [3.05, 3.63) is 53.9 Å². The molecule has 0 fully saturated rings. The molecule has 4 heteroatoms. The van der Waals surface area contributed by atoms with Gasteiger partial charge in [0.05, 0.1) is 18.4 Å². The summed E-state index contributed by atoms with van der Waals surface area (Å²) >= 11 is 0. The van der Waals surface area contributed by atoms with Crippen LogP contribution in [0, 0.1) is 5.92 Å². The Labute approximate surface area is 126 Å². The van der Waals surface area contributed by atoms with Gasteiger partial charge in [0.2, 0.25) is 0 Å². The maximum Gasteiger partial charge on any atom is 0.148 e. The summed E-state index contributed by atoms with van der Waals surface area (Å²) in [5.74, 6) is 1.70. The van der Waals surface area contributed by atoms with Crippen molar-refractivity contribution in [2.24, 2.45) is 11.7 Å². The maximum atomic E-state index is 6.06. The van der Waals surface area contributed by atoms with Gasteiger partial charge in [-0.25, -0.2) is 0 Å². The molecule has 0 saturated carbocycles. The average molecular weight is 288 g/mol. The van der Waals surface area contributed by atoms with E-state index < -0.39 is 0 Å². The van der Waals surface area contributed by atoms with Gasteiger partial charge in [0, 0.05) is 12.5 Å². The third kappa shape index (κ3) is 4.62. The first-order valence-corrected chi connectivity index (χ1v) is 7.25. The maximum absolute atomic E-state index is 6.06. The second-order valence-electron chi connectivity index (χ2n) is 5.57. The predicted molar refractivity (Wildman–Crippen MR) is 84.9 cm³/mol. The Hall–Kier alpha value is -1.78. The van der Waals surface area contributed by atoms with Gasteiger partial charge in [0.1, 0.15) is 11.5 Å². The molecule has 21 heavy (non-hydrogen) atoms. The molecule has 0 saturated heterocycles. The molecule has 114 valence electrons. The highest BCUT2D eigenvalue weighted by molar-refractivity contribution is 5.34. The van der Waals surface area contributed by atoms with Gasteiger partial charge in [-0.1, -0.05) is 31.2 Å². The van der Waals surface area contributed by atoms with Gasteiger partial charge in [-0.2, -0.15) is 0 Å². The Morgan fingerprint density at radius 1 is 1.14 bits per heavy atom. The average Bonchev–Trinajstić information content (AvgIpc) is 2.44. The number of ether oxygens (including phenoxy) is 2. The first kappa shape index (κ1) is 15.6. The van der Waals surface area contributed by atoms with Gasteiger partial charge in [-0.15, -0.1) is 0 Å². The summed E-state index contributed by atoms with van der Waals surface area (Å²) in [6.45, 7) is 3.68. The Morgan fingerprint density at radius 3 is 2.52 bits per heavy atom. The van der Waals surface area contributed by atoms with Crippen LogP contribution in [0.15, 0.2) is 53.9 Å². The van der Waals surface area contributed by atoms with E-state index in [9.17, 15) is 0 Å². The number of rotatable bonds is 6. The van der Waals surface area contributed by atoms with Crippen LogP contribution in [0.1, 0.15) is 6.92 Å². The van der Waals surface area contributed by atoms with Crippen LogP contribution < -0.4 is 10.5 Å². The van der Waals surface area contributed by atoms with Crippen molar-refractivity contribution in [1.82, 2.24) is 4.90 Å². The van der Waals surface area contributed by atoms with E-state index in [4.69, 9.17) is 15.2 Å². The van der Waals surface area contributed by atoms with E-state index in [-0.39, 0.29) is 12.0 Å². The van der Waals surface area contributed by atoms with Gasteiger partial charge in [0.15, 0.2) is 0 Å². The number of para-hydroxylation sites is 1. The second kappa shape index (κ2) is 7.29. The lowest BCUT2D eigenvalue weighted by atomic mass is 9.97. The minimum absolute atomic E-state index is 0.00374. The Kier molecular flexibility index (Phi) is 5.42. The number of hydrogen-bond acceptors (Lipinski definition) is 4. The molecule has 0 heterocycles. The Balaban J connectivity index is 2.02. The number of nitrogens with zero attached hydrogens (tertiary/aromatic N) is 1. The SMILES string of the molecule is C[C@H]1C=C(N)C(Oc2ccccc2)=CC1OCCN(C)C. The van der Waals surface area contributed by atoms with E-state index >= 15 is 0 Å². The fourth-order valence-electron chi connectivity index (χ4n) is 2.14.